The van der Waals surface area contributed by atoms with Gasteiger partial charge in [-0.05, 0) is 29.8 Å². The molecule has 27 heavy (non-hydrogen) atoms. The van der Waals surface area contributed by atoms with E-state index in [4.69, 9.17) is 21.1 Å². The Bertz CT molecular complexity index is 986. The summed E-state index contributed by atoms with van der Waals surface area (Å²) in [6.45, 7) is 0. The molecule has 1 atom stereocenters. The molecule has 1 unspecified atom stereocenters. The number of aromatic nitrogens is 2. The Morgan fingerprint density at radius 2 is 2.07 bits per heavy atom. The number of carbonyl (C=O) groups excluding carboxylic acids is 2. The van der Waals surface area contributed by atoms with Gasteiger partial charge in [0.25, 0.3) is 5.91 Å². The number of hydrogen-bond acceptors (Lipinski definition) is 5. The molecule has 140 valence electrons. The van der Waals surface area contributed by atoms with Crippen molar-refractivity contribution in [2.24, 2.45) is 0 Å². The van der Waals surface area contributed by atoms with E-state index >= 15 is 0 Å². The molecule has 0 fully saturated rings. The number of carbonyl (C=O) groups is 2. The standard InChI is InChI=1S/C19H18ClN3O4/c1-26-16-10-12(20)4-3-11(16)9-15(19(25)27-2)23-18(24)14-6-8-22-17-13(14)5-7-21-17/h3-8,10,15H,9H2,1-2H3,(H,21,22)(H,23,24). The molecule has 0 saturated heterocycles. The van der Waals surface area contributed by atoms with Gasteiger partial charge in [0.05, 0.1) is 19.8 Å². The molecule has 0 bridgehead atoms. The third-order valence-corrected chi connectivity index (χ3v) is 4.40. The van der Waals surface area contributed by atoms with Crippen molar-refractivity contribution in [1.82, 2.24) is 15.3 Å². The summed E-state index contributed by atoms with van der Waals surface area (Å²) in [5, 5.41) is 3.92. The second-order valence-corrected chi connectivity index (χ2v) is 6.24. The highest BCUT2D eigenvalue weighted by atomic mass is 35.5. The second kappa shape index (κ2) is 8.09. The van der Waals surface area contributed by atoms with E-state index in [-0.39, 0.29) is 6.42 Å². The summed E-state index contributed by atoms with van der Waals surface area (Å²) in [6.07, 6.45) is 3.42. The van der Waals surface area contributed by atoms with Crippen LogP contribution in [0.4, 0.5) is 0 Å². The van der Waals surface area contributed by atoms with Crippen LogP contribution in [0.5, 0.6) is 5.75 Å². The first-order valence-electron chi connectivity index (χ1n) is 8.16. The Morgan fingerprint density at radius 1 is 1.26 bits per heavy atom. The van der Waals surface area contributed by atoms with E-state index in [1.54, 1.807) is 36.5 Å². The number of amides is 1. The number of hydrogen-bond donors (Lipinski definition) is 2. The first-order chi connectivity index (χ1) is 13.0. The largest absolute Gasteiger partial charge is 0.496 e. The van der Waals surface area contributed by atoms with E-state index < -0.39 is 17.9 Å². The maximum Gasteiger partial charge on any atom is 0.328 e. The molecule has 0 radical (unpaired) electrons. The minimum absolute atomic E-state index is 0.195. The van der Waals surface area contributed by atoms with Crippen molar-refractivity contribution in [2.45, 2.75) is 12.5 Å². The number of esters is 1. The highest BCUT2D eigenvalue weighted by molar-refractivity contribution is 6.30. The zero-order valence-electron chi connectivity index (χ0n) is 14.8. The second-order valence-electron chi connectivity index (χ2n) is 5.81. The third-order valence-electron chi connectivity index (χ3n) is 4.17. The smallest absolute Gasteiger partial charge is 0.328 e. The van der Waals surface area contributed by atoms with E-state index in [1.807, 2.05) is 0 Å². The van der Waals surface area contributed by atoms with Gasteiger partial charge in [0.2, 0.25) is 0 Å². The molecule has 1 amide bonds. The number of pyridine rings is 1. The zero-order valence-corrected chi connectivity index (χ0v) is 15.5. The molecular formula is C19H18ClN3O4. The van der Waals surface area contributed by atoms with E-state index in [0.29, 0.717) is 27.4 Å². The number of fused-ring (bicyclic) bond motifs is 1. The van der Waals surface area contributed by atoms with Gasteiger partial charge in [0.15, 0.2) is 0 Å². The third kappa shape index (κ3) is 4.03. The normalized spacial score (nSPS) is 11.8. The average molecular weight is 388 g/mol. The lowest BCUT2D eigenvalue weighted by Crippen LogP contribution is -2.43. The number of halogens is 1. The molecular weight excluding hydrogens is 370 g/mol. The number of nitrogens with zero attached hydrogens (tertiary/aromatic N) is 1. The van der Waals surface area contributed by atoms with Crippen molar-refractivity contribution < 1.29 is 19.1 Å². The highest BCUT2D eigenvalue weighted by Gasteiger charge is 2.25. The van der Waals surface area contributed by atoms with Crippen molar-refractivity contribution in [3.8, 4) is 5.75 Å². The van der Waals surface area contributed by atoms with Gasteiger partial charge in [-0.2, -0.15) is 0 Å². The fourth-order valence-corrected chi connectivity index (χ4v) is 3.00. The Labute approximate surface area is 160 Å². The number of benzene rings is 1. The maximum atomic E-state index is 12.8. The van der Waals surface area contributed by atoms with Gasteiger partial charge in [-0.1, -0.05) is 17.7 Å². The number of rotatable bonds is 6. The minimum atomic E-state index is -0.889. The Hall–Kier alpha value is -3.06. The molecule has 0 aliphatic carbocycles. The van der Waals surface area contributed by atoms with Crippen LogP contribution in [0.25, 0.3) is 11.0 Å². The summed E-state index contributed by atoms with van der Waals surface area (Å²) in [5.74, 6) is -0.423. The Kier molecular flexibility index (Phi) is 5.61. The number of ether oxygens (including phenoxy) is 2. The van der Waals surface area contributed by atoms with Gasteiger partial charge in [0, 0.05) is 29.2 Å². The molecule has 2 heterocycles. The minimum Gasteiger partial charge on any atom is -0.496 e. The topological polar surface area (TPSA) is 93.3 Å². The van der Waals surface area contributed by atoms with E-state index in [9.17, 15) is 9.59 Å². The molecule has 1 aromatic carbocycles. The summed E-state index contributed by atoms with van der Waals surface area (Å²) in [5.41, 5.74) is 1.73. The lowest BCUT2D eigenvalue weighted by molar-refractivity contribution is -0.142. The summed E-state index contributed by atoms with van der Waals surface area (Å²) in [7, 11) is 2.79. The number of H-pyrrole nitrogens is 1. The van der Waals surface area contributed by atoms with Crippen LogP contribution in [0.3, 0.4) is 0 Å². The van der Waals surface area contributed by atoms with Crippen molar-refractivity contribution in [3.63, 3.8) is 0 Å². The van der Waals surface area contributed by atoms with Gasteiger partial charge in [-0.15, -0.1) is 0 Å². The SMILES string of the molecule is COC(=O)C(Cc1ccc(Cl)cc1OC)NC(=O)c1ccnc2[nH]ccc12. The van der Waals surface area contributed by atoms with Crippen LogP contribution in [0.1, 0.15) is 15.9 Å². The molecule has 3 aromatic rings. The monoisotopic (exact) mass is 387 g/mol. The molecule has 2 aromatic heterocycles. The first-order valence-corrected chi connectivity index (χ1v) is 8.54. The van der Waals surface area contributed by atoms with E-state index in [2.05, 4.69) is 15.3 Å². The predicted molar refractivity (Wildman–Crippen MR) is 101 cm³/mol. The molecule has 0 spiro atoms. The van der Waals surface area contributed by atoms with Crippen LogP contribution in [0.15, 0.2) is 42.7 Å². The molecule has 0 aliphatic rings. The molecule has 0 aliphatic heterocycles. The van der Waals surface area contributed by atoms with E-state index in [1.165, 1.54) is 20.4 Å². The number of aromatic amines is 1. The van der Waals surface area contributed by atoms with Gasteiger partial charge < -0.3 is 19.8 Å². The zero-order chi connectivity index (χ0) is 19.4. The van der Waals surface area contributed by atoms with Gasteiger partial charge in [0.1, 0.15) is 17.4 Å². The van der Waals surface area contributed by atoms with Crippen LogP contribution >= 0.6 is 11.6 Å². The average Bonchev–Trinajstić information content (AvgIpc) is 3.16. The quantitative estimate of drug-likeness (QED) is 0.634. The van der Waals surface area contributed by atoms with Crippen molar-refractivity contribution >= 4 is 34.5 Å². The van der Waals surface area contributed by atoms with Gasteiger partial charge >= 0.3 is 5.97 Å². The highest BCUT2D eigenvalue weighted by Crippen LogP contribution is 2.25. The van der Waals surface area contributed by atoms with Crippen molar-refractivity contribution in [2.75, 3.05) is 14.2 Å². The van der Waals surface area contributed by atoms with Crippen LogP contribution in [0.2, 0.25) is 5.02 Å². The van der Waals surface area contributed by atoms with Crippen LogP contribution in [-0.2, 0) is 16.0 Å². The van der Waals surface area contributed by atoms with Gasteiger partial charge in [-0.25, -0.2) is 9.78 Å². The number of methoxy groups -OCH3 is 2. The predicted octanol–water partition coefficient (Wildman–Crippen LogP) is 2.74. The first kappa shape index (κ1) is 18.7. The molecule has 2 N–H and O–H groups in total. The molecule has 0 saturated carbocycles. The molecule has 7 nitrogen and oxygen atoms in total. The van der Waals surface area contributed by atoms with Crippen LogP contribution in [0, 0.1) is 0 Å². The van der Waals surface area contributed by atoms with E-state index in [0.717, 1.165) is 5.56 Å². The lowest BCUT2D eigenvalue weighted by Gasteiger charge is -2.18. The van der Waals surface area contributed by atoms with Crippen molar-refractivity contribution in [3.05, 3.63) is 58.9 Å². The van der Waals surface area contributed by atoms with Crippen molar-refractivity contribution in [1.29, 1.82) is 0 Å². The maximum absolute atomic E-state index is 12.8. The lowest BCUT2D eigenvalue weighted by atomic mass is 10.0. The number of nitrogens with one attached hydrogen (secondary N) is 2. The summed E-state index contributed by atoms with van der Waals surface area (Å²) >= 11 is 5.98. The van der Waals surface area contributed by atoms with Crippen LogP contribution in [-0.4, -0.2) is 42.1 Å². The fourth-order valence-electron chi connectivity index (χ4n) is 2.84. The Balaban J connectivity index is 1.87. The van der Waals surface area contributed by atoms with Gasteiger partial charge in [-0.3, -0.25) is 4.79 Å². The summed E-state index contributed by atoms with van der Waals surface area (Å²) < 4.78 is 10.2. The summed E-state index contributed by atoms with van der Waals surface area (Å²) in [6, 6.07) is 7.57. The molecule has 3 rings (SSSR count). The summed E-state index contributed by atoms with van der Waals surface area (Å²) in [4.78, 5) is 32.1. The molecule has 8 heteroatoms. The Morgan fingerprint density at radius 3 is 2.81 bits per heavy atom. The fraction of sp³-hybridized carbons (Fsp3) is 0.211. The van der Waals surface area contributed by atoms with Crippen LogP contribution < -0.4 is 10.1 Å².